The maximum Gasteiger partial charge on any atom is 0.262 e. The van der Waals surface area contributed by atoms with Crippen molar-refractivity contribution in [3.8, 4) is 0 Å². The van der Waals surface area contributed by atoms with Crippen LogP contribution in [0, 0.1) is 0 Å². The molecule has 0 N–H and O–H groups in total. The molecule has 0 aliphatic carbocycles. The highest BCUT2D eigenvalue weighted by atomic mass is 32.2. The van der Waals surface area contributed by atoms with Crippen LogP contribution < -0.4 is 10.5 Å². The summed E-state index contributed by atoms with van der Waals surface area (Å²) in [6, 6.07) is 25.5. The van der Waals surface area contributed by atoms with Gasteiger partial charge >= 0.3 is 0 Å². The van der Waals surface area contributed by atoms with Crippen molar-refractivity contribution in [3.63, 3.8) is 0 Å². The summed E-state index contributed by atoms with van der Waals surface area (Å²) in [6.45, 7) is 1.22. The summed E-state index contributed by atoms with van der Waals surface area (Å²) in [6.07, 6.45) is 1.60. The molecule has 6 heteroatoms. The summed E-state index contributed by atoms with van der Waals surface area (Å²) < 4.78 is 1.71. The molecule has 5 nitrogen and oxygen atoms in total. The van der Waals surface area contributed by atoms with E-state index in [0.717, 1.165) is 24.1 Å². The second kappa shape index (κ2) is 9.01. The molecule has 2 heterocycles. The van der Waals surface area contributed by atoms with Gasteiger partial charge in [0.15, 0.2) is 5.16 Å². The molecule has 0 atom stereocenters. The Morgan fingerprint density at radius 1 is 0.938 bits per heavy atom. The monoisotopic (exact) mass is 441 g/mol. The Morgan fingerprint density at radius 3 is 2.56 bits per heavy atom. The predicted octanol–water partition coefficient (Wildman–Crippen LogP) is 4.32. The van der Waals surface area contributed by atoms with E-state index >= 15 is 0 Å². The van der Waals surface area contributed by atoms with Crippen LogP contribution in [-0.2, 0) is 24.2 Å². The maximum absolute atomic E-state index is 13.2. The number of fused-ring (bicyclic) bond motifs is 2. The van der Waals surface area contributed by atoms with Crippen LogP contribution in [-0.4, -0.2) is 27.8 Å². The average Bonchev–Trinajstić information content (AvgIpc) is 3.27. The van der Waals surface area contributed by atoms with Gasteiger partial charge in [-0.25, -0.2) is 4.98 Å². The largest absolute Gasteiger partial charge is 0.311 e. The van der Waals surface area contributed by atoms with Gasteiger partial charge in [-0.05, 0) is 42.2 Å². The first-order valence-electron chi connectivity index (χ1n) is 10.8. The molecular weight excluding hydrogens is 418 g/mol. The van der Waals surface area contributed by atoms with Crippen LogP contribution in [0.15, 0.2) is 88.8 Å². The first-order valence-corrected chi connectivity index (χ1v) is 11.7. The fourth-order valence-electron chi connectivity index (χ4n) is 4.14. The molecule has 3 aromatic carbocycles. The van der Waals surface area contributed by atoms with Crippen LogP contribution in [0.1, 0.15) is 11.1 Å². The standard InChI is InChI=1S/C26H23N3O2S/c30-24(28-17-15-20-10-4-7-13-23(20)28)18-32-26-27-22-12-6-5-11-21(22)25(31)29(26)16-14-19-8-2-1-3-9-19/h1-13H,14-18H2. The van der Waals surface area contributed by atoms with Gasteiger partial charge in [0.25, 0.3) is 5.56 Å². The van der Waals surface area contributed by atoms with Crippen molar-refractivity contribution in [2.24, 2.45) is 0 Å². The van der Waals surface area contributed by atoms with Gasteiger partial charge in [-0.3, -0.25) is 14.2 Å². The summed E-state index contributed by atoms with van der Waals surface area (Å²) in [5.41, 5.74) is 3.96. The molecule has 5 rings (SSSR count). The van der Waals surface area contributed by atoms with Gasteiger partial charge in [0, 0.05) is 18.8 Å². The van der Waals surface area contributed by atoms with Crippen LogP contribution in [0.25, 0.3) is 10.9 Å². The van der Waals surface area contributed by atoms with E-state index in [4.69, 9.17) is 4.98 Å². The fraction of sp³-hybridized carbons (Fsp3) is 0.192. The second-order valence-electron chi connectivity index (χ2n) is 7.82. The summed E-state index contributed by atoms with van der Waals surface area (Å²) in [4.78, 5) is 32.8. The molecule has 0 saturated heterocycles. The third-order valence-electron chi connectivity index (χ3n) is 5.81. The van der Waals surface area contributed by atoms with E-state index in [1.165, 1.54) is 17.3 Å². The number of carbonyl (C=O) groups excluding carboxylic acids is 1. The van der Waals surface area contributed by atoms with Crippen molar-refractivity contribution in [2.45, 2.75) is 24.5 Å². The third-order valence-corrected chi connectivity index (χ3v) is 6.77. The smallest absolute Gasteiger partial charge is 0.262 e. The molecule has 0 saturated carbocycles. The van der Waals surface area contributed by atoms with Crippen LogP contribution >= 0.6 is 11.8 Å². The minimum atomic E-state index is -0.0620. The van der Waals surface area contributed by atoms with E-state index in [9.17, 15) is 9.59 Å². The van der Waals surface area contributed by atoms with E-state index in [1.807, 2.05) is 65.6 Å². The topological polar surface area (TPSA) is 55.2 Å². The second-order valence-corrected chi connectivity index (χ2v) is 8.76. The van der Waals surface area contributed by atoms with Gasteiger partial charge in [-0.1, -0.05) is 72.4 Å². The molecule has 0 spiro atoms. The SMILES string of the molecule is O=C(CSc1nc2ccccc2c(=O)n1CCc1ccccc1)N1CCc2ccccc21. The number of thioether (sulfide) groups is 1. The number of aryl methyl sites for hydroxylation is 1. The lowest BCUT2D eigenvalue weighted by atomic mass is 10.1. The number of aromatic nitrogens is 2. The first-order chi connectivity index (χ1) is 15.7. The van der Waals surface area contributed by atoms with E-state index in [2.05, 4.69) is 18.2 Å². The van der Waals surface area contributed by atoms with E-state index in [0.29, 0.717) is 29.1 Å². The minimum Gasteiger partial charge on any atom is -0.311 e. The summed E-state index contributed by atoms with van der Waals surface area (Å²) >= 11 is 1.34. The number of carbonyl (C=O) groups is 1. The van der Waals surface area contributed by atoms with Crippen LogP contribution in [0.3, 0.4) is 0 Å². The molecule has 0 radical (unpaired) electrons. The molecule has 1 amide bonds. The Balaban J connectivity index is 1.41. The quantitative estimate of drug-likeness (QED) is 0.330. The number of rotatable bonds is 6. The lowest BCUT2D eigenvalue weighted by molar-refractivity contribution is -0.116. The van der Waals surface area contributed by atoms with Crippen molar-refractivity contribution in [2.75, 3.05) is 17.2 Å². The molecular formula is C26H23N3O2S. The summed E-state index contributed by atoms with van der Waals surface area (Å²) in [5, 5.41) is 1.19. The minimum absolute atomic E-state index is 0.0389. The fourth-order valence-corrected chi connectivity index (χ4v) is 5.04. The van der Waals surface area contributed by atoms with Gasteiger partial charge in [0.05, 0.1) is 16.7 Å². The van der Waals surface area contributed by atoms with Gasteiger partial charge in [-0.2, -0.15) is 0 Å². The number of nitrogens with zero attached hydrogens (tertiary/aromatic N) is 3. The van der Waals surface area contributed by atoms with Crippen molar-refractivity contribution < 1.29 is 4.79 Å². The molecule has 1 aliphatic rings. The van der Waals surface area contributed by atoms with E-state index < -0.39 is 0 Å². The Labute approximate surface area is 190 Å². The zero-order valence-corrected chi connectivity index (χ0v) is 18.4. The average molecular weight is 442 g/mol. The Hall–Kier alpha value is -3.38. The molecule has 160 valence electrons. The van der Waals surface area contributed by atoms with Crippen molar-refractivity contribution in [1.82, 2.24) is 9.55 Å². The summed E-state index contributed by atoms with van der Waals surface area (Å²) in [5.74, 6) is 0.279. The van der Waals surface area contributed by atoms with Crippen molar-refractivity contribution in [3.05, 3.63) is 100 Å². The van der Waals surface area contributed by atoms with Crippen LogP contribution in [0.2, 0.25) is 0 Å². The van der Waals surface area contributed by atoms with Crippen LogP contribution in [0.4, 0.5) is 5.69 Å². The number of benzene rings is 3. The highest BCUT2D eigenvalue weighted by molar-refractivity contribution is 7.99. The maximum atomic E-state index is 13.2. The molecule has 4 aromatic rings. The van der Waals surface area contributed by atoms with Gasteiger partial charge in [0.2, 0.25) is 5.91 Å². The number of amides is 1. The molecule has 0 fully saturated rings. The van der Waals surface area contributed by atoms with Crippen molar-refractivity contribution in [1.29, 1.82) is 0 Å². The van der Waals surface area contributed by atoms with Gasteiger partial charge < -0.3 is 4.90 Å². The first kappa shape index (κ1) is 20.5. The normalized spacial score (nSPS) is 12.8. The molecule has 32 heavy (non-hydrogen) atoms. The van der Waals surface area contributed by atoms with Crippen molar-refractivity contribution >= 4 is 34.3 Å². The zero-order valence-electron chi connectivity index (χ0n) is 17.6. The van der Waals surface area contributed by atoms with Crippen LogP contribution in [0.5, 0.6) is 0 Å². The molecule has 1 aromatic heterocycles. The van der Waals surface area contributed by atoms with E-state index in [1.54, 1.807) is 4.57 Å². The van der Waals surface area contributed by atoms with Gasteiger partial charge in [-0.15, -0.1) is 0 Å². The highest BCUT2D eigenvalue weighted by Gasteiger charge is 2.24. The highest BCUT2D eigenvalue weighted by Crippen LogP contribution is 2.29. The molecule has 0 bridgehead atoms. The Kier molecular flexibility index (Phi) is 5.77. The third kappa shape index (κ3) is 4.06. The zero-order chi connectivity index (χ0) is 21.9. The lowest BCUT2D eigenvalue weighted by Crippen LogP contribution is -2.31. The molecule has 1 aliphatic heterocycles. The number of para-hydroxylation sites is 2. The van der Waals surface area contributed by atoms with E-state index in [-0.39, 0.29) is 17.2 Å². The summed E-state index contributed by atoms with van der Waals surface area (Å²) in [7, 11) is 0. The number of hydrogen-bond donors (Lipinski definition) is 0. The Bertz CT molecular complexity index is 1330. The number of anilines is 1. The predicted molar refractivity (Wildman–Crippen MR) is 129 cm³/mol. The molecule has 0 unspecified atom stereocenters. The number of hydrogen-bond acceptors (Lipinski definition) is 4. The van der Waals surface area contributed by atoms with Gasteiger partial charge in [0.1, 0.15) is 0 Å². The Morgan fingerprint density at radius 2 is 1.69 bits per heavy atom. The lowest BCUT2D eigenvalue weighted by Gasteiger charge is -2.18.